The smallest absolute Gasteiger partial charge is 0.224 e. The Morgan fingerprint density at radius 2 is 1.71 bits per heavy atom. The molecule has 4 nitrogen and oxygen atoms in total. The quantitative estimate of drug-likeness (QED) is 0.535. The van der Waals surface area contributed by atoms with Crippen LogP contribution >= 0.6 is 12.6 Å². The van der Waals surface area contributed by atoms with Crippen LogP contribution in [0.4, 0.5) is 0 Å². The molecular weight excluding hydrogens is 236 g/mol. The van der Waals surface area contributed by atoms with Gasteiger partial charge >= 0.3 is 0 Å². The van der Waals surface area contributed by atoms with Crippen LogP contribution in [0.3, 0.4) is 0 Å². The van der Waals surface area contributed by atoms with Crippen LogP contribution in [-0.2, 0) is 16.0 Å². The highest BCUT2D eigenvalue weighted by Crippen LogP contribution is 2.07. The largest absolute Gasteiger partial charge is 0.355 e. The van der Waals surface area contributed by atoms with E-state index in [4.69, 9.17) is 0 Å². The summed E-state index contributed by atoms with van der Waals surface area (Å²) < 4.78 is 0. The van der Waals surface area contributed by atoms with Crippen LogP contribution in [0.1, 0.15) is 12.5 Å². The number of amides is 2. The number of rotatable bonds is 5. The van der Waals surface area contributed by atoms with E-state index in [1.165, 1.54) is 6.92 Å². The SMILES string of the molecule is CC(=O)NCCNC(=O)Cc1ccc(S)cc1. The maximum Gasteiger partial charge on any atom is 0.224 e. The Morgan fingerprint density at radius 1 is 1.12 bits per heavy atom. The van der Waals surface area contributed by atoms with Crippen LogP contribution < -0.4 is 10.6 Å². The first-order valence-electron chi connectivity index (χ1n) is 5.37. The molecule has 2 amide bonds. The topological polar surface area (TPSA) is 58.2 Å². The van der Waals surface area contributed by atoms with E-state index in [-0.39, 0.29) is 11.8 Å². The van der Waals surface area contributed by atoms with Gasteiger partial charge in [-0.15, -0.1) is 12.6 Å². The molecule has 0 heterocycles. The molecule has 0 spiro atoms. The Kier molecular flexibility index (Phi) is 5.56. The zero-order valence-corrected chi connectivity index (χ0v) is 10.6. The minimum absolute atomic E-state index is 0.0535. The molecule has 0 aromatic heterocycles. The van der Waals surface area contributed by atoms with Gasteiger partial charge in [0.05, 0.1) is 6.42 Å². The number of carbonyl (C=O) groups is 2. The molecule has 0 aliphatic carbocycles. The molecule has 0 atom stereocenters. The normalized spacial score (nSPS) is 9.76. The van der Waals surface area contributed by atoms with Crippen molar-refractivity contribution in [3.8, 4) is 0 Å². The predicted octanol–water partition coefficient (Wildman–Crippen LogP) is 0.770. The van der Waals surface area contributed by atoms with E-state index in [0.29, 0.717) is 19.5 Å². The van der Waals surface area contributed by atoms with Crippen LogP contribution in [-0.4, -0.2) is 24.9 Å². The van der Waals surface area contributed by atoms with E-state index >= 15 is 0 Å². The first kappa shape index (κ1) is 13.6. The van der Waals surface area contributed by atoms with Crippen molar-refractivity contribution >= 4 is 24.4 Å². The third kappa shape index (κ3) is 5.97. The van der Waals surface area contributed by atoms with E-state index in [1.807, 2.05) is 24.3 Å². The van der Waals surface area contributed by atoms with E-state index in [9.17, 15) is 9.59 Å². The van der Waals surface area contributed by atoms with E-state index in [0.717, 1.165) is 10.5 Å². The summed E-state index contributed by atoms with van der Waals surface area (Å²) >= 11 is 4.17. The summed E-state index contributed by atoms with van der Waals surface area (Å²) in [4.78, 5) is 23.0. The molecule has 1 rings (SSSR count). The molecule has 1 aromatic rings. The summed E-state index contributed by atoms with van der Waals surface area (Å²) in [5.41, 5.74) is 0.944. The molecule has 0 fully saturated rings. The lowest BCUT2D eigenvalue weighted by Gasteiger charge is -2.05. The lowest BCUT2D eigenvalue weighted by atomic mass is 10.1. The average molecular weight is 252 g/mol. The van der Waals surface area contributed by atoms with Crippen LogP contribution in [0.2, 0.25) is 0 Å². The first-order valence-corrected chi connectivity index (χ1v) is 5.81. The van der Waals surface area contributed by atoms with Crippen LogP contribution in [0, 0.1) is 0 Å². The maximum atomic E-state index is 11.5. The van der Waals surface area contributed by atoms with E-state index < -0.39 is 0 Å². The number of thiol groups is 1. The lowest BCUT2D eigenvalue weighted by Crippen LogP contribution is -2.34. The summed E-state index contributed by atoms with van der Waals surface area (Å²) in [6.45, 7) is 2.35. The Hall–Kier alpha value is -1.49. The zero-order valence-electron chi connectivity index (χ0n) is 9.69. The van der Waals surface area contributed by atoms with E-state index in [1.54, 1.807) is 0 Å². The van der Waals surface area contributed by atoms with Gasteiger partial charge < -0.3 is 10.6 Å². The number of carbonyl (C=O) groups excluding carboxylic acids is 2. The molecule has 1 aromatic carbocycles. The van der Waals surface area contributed by atoms with Gasteiger partial charge in [0.25, 0.3) is 0 Å². The first-order chi connectivity index (χ1) is 8.08. The van der Waals surface area contributed by atoms with Gasteiger partial charge in [0.15, 0.2) is 0 Å². The number of nitrogens with one attached hydrogen (secondary N) is 2. The summed E-state index contributed by atoms with van der Waals surface area (Å²) in [6.07, 6.45) is 0.341. The summed E-state index contributed by atoms with van der Waals surface area (Å²) in [7, 11) is 0. The minimum Gasteiger partial charge on any atom is -0.355 e. The standard InChI is InChI=1S/C12H16N2O2S/c1-9(15)13-6-7-14-12(16)8-10-2-4-11(17)5-3-10/h2-5,17H,6-8H2,1H3,(H,13,15)(H,14,16). The highest BCUT2D eigenvalue weighted by Gasteiger charge is 2.02. The molecule has 0 saturated carbocycles. The highest BCUT2D eigenvalue weighted by molar-refractivity contribution is 7.80. The van der Waals surface area contributed by atoms with Crippen molar-refractivity contribution in [1.29, 1.82) is 0 Å². The van der Waals surface area contributed by atoms with E-state index in [2.05, 4.69) is 23.3 Å². The van der Waals surface area contributed by atoms with Gasteiger partial charge in [-0.3, -0.25) is 9.59 Å². The van der Waals surface area contributed by atoms with Gasteiger partial charge in [0.1, 0.15) is 0 Å². The molecule has 0 saturated heterocycles. The molecule has 0 unspecified atom stereocenters. The van der Waals surface area contributed by atoms with Crippen molar-refractivity contribution < 1.29 is 9.59 Å². The van der Waals surface area contributed by atoms with Crippen molar-refractivity contribution in [2.45, 2.75) is 18.2 Å². The zero-order chi connectivity index (χ0) is 12.7. The summed E-state index contributed by atoms with van der Waals surface area (Å²) in [5, 5.41) is 5.34. The number of hydrogen-bond acceptors (Lipinski definition) is 3. The molecule has 0 bridgehead atoms. The predicted molar refractivity (Wildman–Crippen MR) is 69.1 cm³/mol. The third-order valence-electron chi connectivity index (χ3n) is 2.12. The Bertz CT molecular complexity index is 390. The molecule has 92 valence electrons. The monoisotopic (exact) mass is 252 g/mol. The van der Waals surface area contributed by atoms with Gasteiger partial charge in [-0.1, -0.05) is 12.1 Å². The number of benzene rings is 1. The average Bonchev–Trinajstić information content (AvgIpc) is 2.27. The number of hydrogen-bond donors (Lipinski definition) is 3. The molecule has 0 aliphatic rings. The fourth-order valence-corrected chi connectivity index (χ4v) is 1.45. The molecule has 0 radical (unpaired) electrons. The van der Waals surface area contributed by atoms with Crippen LogP contribution in [0.15, 0.2) is 29.2 Å². The second-order valence-corrected chi connectivity index (χ2v) is 4.19. The van der Waals surface area contributed by atoms with Gasteiger partial charge in [0.2, 0.25) is 11.8 Å². The van der Waals surface area contributed by atoms with Crippen molar-refractivity contribution in [2.24, 2.45) is 0 Å². The van der Waals surface area contributed by atoms with Gasteiger partial charge in [0, 0.05) is 24.9 Å². The second kappa shape index (κ2) is 6.96. The van der Waals surface area contributed by atoms with Crippen molar-refractivity contribution in [3.63, 3.8) is 0 Å². The van der Waals surface area contributed by atoms with Crippen molar-refractivity contribution in [1.82, 2.24) is 10.6 Å². The molecule has 5 heteroatoms. The molecule has 2 N–H and O–H groups in total. The highest BCUT2D eigenvalue weighted by atomic mass is 32.1. The second-order valence-electron chi connectivity index (χ2n) is 3.68. The van der Waals surface area contributed by atoms with Crippen molar-refractivity contribution in [3.05, 3.63) is 29.8 Å². The minimum atomic E-state index is -0.0939. The summed E-state index contributed by atoms with van der Waals surface area (Å²) in [5.74, 6) is -0.147. The van der Waals surface area contributed by atoms with Crippen molar-refractivity contribution in [2.75, 3.05) is 13.1 Å². The van der Waals surface area contributed by atoms with Gasteiger partial charge in [-0.05, 0) is 17.7 Å². The van der Waals surface area contributed by atoms with Gasteiger partial charge in [-0.25, -0.2) is 0 Å². The Balaban J connectivity index is 2.25. The third-order valence-corrected chi connectivity index (χ3v) is 2.42. The summed E-state index contributed by atoms with van der Waals surface area (Å²) in [6, 6.07) is 7.44. The van der Waals surface area contributed by atoms with Crippen LogP contribution in [0.25, 0.3) is 0 Å². The molecule has 0 aliphatic heterocycles. The fraction of sp³-hybridized carbons (Fsp3) is 0.333. The lowest BCUT2D eigenvalue weighted by molar-refractivity contribution is -0.121. The maximum absolute atomic E-state index is 11.5. The molecule has 17 heavy (non-hydrogen) atoms. The van der Waals surface area contributed by atoms with Crippen LogP contribution in [0.5, 0.6) is 0 Å². The Labute approximate surface area is 106 Å². The molecular formula is C12H16N2O2S. The fourth-order valence-electron chi connectivity index (χ4n) is 1.30. The Morgan fingerprint density at radius 3 is 2.29 bits per heavy atom. The van der Waals surface area contributed by atoms with Gasteiger partial charge in [-0.2, -0.15) is 0 Å².